The molecule has 2 fully saturated rings. The Hall–Kier alpha value is -1.27. The van der Waals surface area contributed by atoms with Crippen LogP contribution < -0.4 is 10.6 Å². The average molecular weight is 319 g/mol. The summed E-state index contributed by atoms with van der Waals surface area (Å²) in [5, 5.41) is 5.53. The second-order valence-electron chi connectivity index (χ2n) is 5.57. The lowest BCUT2D eigenvalue weighted by Crippen LogP contribution is -2.32. The smallest absolute Gasteiger partial charge is 0.326 e. The van der Waals surface area contributed by atoms with E-state index in [0.717, 1.165) is 31.4 Å². The molecule has 1 aromatic carbocycles. The van der Waals surface area contributed by atoms with Crippen LogP contribution in [0.5, 0.6) is 0 Å². The third kappa shape index (κ3) is 2.87. The van der Waals surface area contributed by atoms with Crippen molar-refractivity contribution in [2.75, 3.05) is 5.32 Å². The van der Waals surface area contributed by atoms with E-state index in [1.165, 1.54) is 6.07 Å². The van der Waals surface area contributed by atoms with Crippen LogP contribution in [-0.4, -0.2) is 18.0 Å². The summed E-state index contributed by atoms with van der Waals surface area (Å²) in [4.78, 5) is 12.2. The van der Waals surface area contributed by atoms with Gasteiger partial charge >= 0.3 is 6.18 Å². The van der Waals surface area contributed by atoms with Crippen LogP contribution in [0.15, 0.2) is 18.2 Å². The molecule has 3 atom stereocenters. The van der Waals surface area contributed by atoms with Crippen molar-refractivity contribution in [1.82, 2.24) is 5.32 Å². The zero-order valence-corrected chi connectivity index (χ0v) is 11.8. The van der Waals surface area contributed by atoms with Gasteiger partial charge in [0.05, 0.1) is 16.5 Å². The maximum Gasteiger partial charge on any atom is 0.417 e. The SMILES string of the molecule is O=C(Nc1ccc(Cl)c(C(F)(F)F)c1)C1CC2CCC1N2. The summed E-state index contributed by atoms with van der Waals surface area (Å²) in [6.45, 7) is 0. The number of halogens is 4. The molecule has 3 rings (SSSR count). The summed E-state index contributed by atoms with van der Waals surface area (Å²) >= 11 is 5.55. The topological polar surface area (TPSA) is 41.1 Å². The van der Waals surface area contributed by atoms with E-state index in [9.17, 15) is 18.0 Å². The van der Waals surface area contributed by atoms with E-state index >= 15 is 0 Å². The number of alkyl halides is 3. The van der Waals surface area contributed by atoms with Crippen LogP contribution in [0.3, 0.4) is 0 Å². The quantitative estimate of drug-likeness (QED) is 0.877. The van der Waals surface area contributed by atoms with Gasteiger partial charge in [-0.15, -0.1) is 0 Å². The first-order valence-electron chi connectivity index (χ1n) is 6.78. The maximum atomic E-state index is 12.8. The highest BCUT2D eigenvalue weighted by molar-refractivity contribution is 6.31. The number of hydrogen-bond acceptors (Lipinski definition) is 2. The second kappa shape index (κ2) is 5.18. The summed E-state index contributed by atoms with van der Waals surface area (Å²) in [5.41, 5.74) is -0.812. The molecule has 3 nitrogen and oxygen atoms in total. The zero-order valence-electron chi connectivity index (χ0n) is 11.0. The molecule has 0 radical (unpaired) electrons. The van der Waals surface area contributed by atoms with Crippen molar-refractivity contribution in [1.29, 1.82) is 0 Å². The Bertz CT molecular complexity index is 576. The molecule has 2 bridgehead atoms. The second-order valence-corrected chi connectivity index (χ2v) is 5.98. The third-order valence-electron chi connectivity index (χ3n) is 4.18. The van der Waals surface area contributed by atoms with Crippen molar-refractivity contribution >= 4 is 23.2 Å². The minimum atomic E-state index is -4.54. The van der Waals surface area contributed by atoms with E-state index in [0.29, 0.717) is 6.04 Å². The van der Waals surface area contributed by atoms with Crippen LogP contribution in [0, 0.1) is 5.92 Å². The van der Waals surface area contributed by atoms with Gasteiger partial charge < -0.3 is 10.6 Å². The predicted octanol–water partition coefficient (Wildman–Crippen LogP) is 3.44. The first kappa shape index (κ1) is 14.7. The van der Waals surface area contributed by atoms with Gasteiger partial charge in [0.15, 0.2) is 0 Å². The van der Waals surface area contributed by atoms with Gasteiger partial charge in [-0.25, -0.2) is 0 Å². The number of carbonyl (C=O) groups excluding carboxylic acids is 1. The number of rotatable bonds is 2. The van der Waals surface area contributed by atoms with Crippen LogP contribution in [0.2, 0.25) is 5.02 Å². The van der Waals surface area contributed by atoms with Gasteiger partial charge in [-0.05, 0) is 37.5 Å². The van der Waals surface area contributed by atoms with Gasteiger partial charge in [-0.3, -0.25) is 4.79 Å². The summed E-state index contributed by atoms with van der Waals surface area (Å²) in [6.07, 6.45) is -1.78. The predicted molar refractivity (Wildman–Crippen MR) is 73.1 cm³/mol. The number of fused-ring (bicyclic) bond motifs is 2. The molecule has 2 heterocycles. The Kier molecular flexibility index (Phi) is 3.61. The lowest BCUT2D eigenvalue weighted by molar-refractivity contribution is -0.137. The van der Waals surface area contributed by atoms with Crippen molar-refractivity contribution in [3.05, 3.63) is 28.8 Å². The summed E-state index contributed by atoms with van der Waals surface area (Å²) in [6, 6.07) is 3.92. The molecule has 2 aliphatic rings. The Labute approximate surface area is 124 Å². The van der Waals surface area contributed by atoms with Gasteiger partial charge in [-0.1, -0.05) is 11.6 Å². The Morgan fingerprint density at radius 3 is 2.67 bits per heavy atom. The Morgan fingerprint density at radius 1 is 1.33 bits per heavy atom. The minimum Gasteiger partial charge on any atom is -0.326 e. The molecule has 0 saturated carbocycles. The van der Waals surface area contributed by atoms with Crippen LogP contribution >= 0.6 is 11.6 Å². The minimum absolute atomic E-state index is 0.125. The highest BCUT2D eigenvalue weighted by Crippen LogP contribution is 2.37. The molecule has 0 aliphatic carbocycles. The van der Waals surface area contributed by atoms with Gasteiger partial charge in [0.1, 0.15) is 0 Å². The molecule has 1 amide bonds. The lowest BCUT2D eigenvalue weighted by atomic mass is 9.88. The van der Waals surface area contributed by atoms with Crippen molar-refractivity contribution in [2.24, 2.45) is 5.92 Å². The van der Waals surface area contributed by atoms with E-state index in [1.54, 1.807) is 0 Å². The van der Waals surface area contributed by atoms with E-state index in [4.69, 9.17) is 11.6 Å². The number of hydrogen-bond donors (Lipinski definition) is 2. The number of carbonyl (C=O) groups is 1. The van der Waals surface area contributed by atoms with Crippen LogP contribution in [0.1, 0.15) is 24.8 Å². The molecule has 2 aliphatic heterocycles. The van der Waals surface area contributed by atoms with E-state index in [-0.39, 0.29) is 28.6 Å². The molecule has 114 valence electrons. The third-order valence-corrected chi connectivity index (χ3v) is 4.51. The van der Waals surface area contributed by atoms with Gasteiger partial charge in [0, 0.05) is 17.8 Å². The van der Waals surface area contributed by atoms with Crippen LogP contribution in [0.4, 0.5) is 18.9 Å². The molecule has 1 aromatic rings. The van der Waals surface area contributed by atoms with Crippen molar-refractivity contribution < 1.29 is 18.0 Å². The first-order chi connectivity index (χ1) is 9.84. The van der Waals surface area contributed by atoms with Gasteiger partial charge in [0.2, 0.25) is 5.91 Å². The van der Waals surface area contributed by atoms with Crippen molar-refractivity contribution in [3.63, 3.8) is 0 Å². The Balaban J connectivity index is 1.75. The molecule has 3 unspecified atom stereocenters. The normalized spacial score (nSPS) is 27.9. The standard InChI is InChI=1S/C14H14ClF3N2O/c15-11-3-1-8(6-10(11)14(16,17)18)20-13(21)9-5-7-2-4-12(9)19-7/h1,3,6-7,9,12,19H,2,4-5H2,(H,20,21). The molecule has 0 spiro atoms. The Morgan fingerprint density at radius 2 is 2.10 bits per heavy atom. The van der Waals surface area contributed by atoms with Crippen molar-refractivity contribution in [2.45, 2.75) is 37.5 Å². The maximum absolute atomic E-state index is 12.8. The first-order valence-corrected chi connectivity index (χ1v) is 7.16. The molecular formula is C14H14ClF3N2O. The average Bonchev–Trinajstić information content (AvgIpc) is 3.02. The van der Waals surface area contributed by atoms with Gasteiger partial charge in [0.25, 0.3) is 0 Å². The number of nitrogens with one attached hydrogen (secondary N) is 2. The van der Waals surface area contributed by atoms with Crippen molar-refractivity contribution in [3.8, 4) is 0 Å². The van der Waals surface area contributed by atoms with E-state index in [2.05, 4.69) is 10.6 Å². The number of anilines is 1. The molecule has 7 heteroatoms. The summed E-state index contributed by atoms with van der Waals surface area (Å²) in [5.74, 6) is -0.404. The molecule has 0 aromatic heterocycles. The summed E-state index contributed by atoms with van der Waals surface area (Å²) in [7, 11) is 0. The highest BCUT2D eigenvalue weighted by atomic mass is 35.5. The van der Waals surface area contributed by atoms with Crippen LogP contribution in [-0.2, 0) is 11.0 Å². The fraction of sp³-hybridized carbons (Fsp3) is 0.500. The monoisotopic (exact) mass is 318 g/mol. The van der Waals surface area contributed by atoms with E-state index < -0.39 is 11.7 Å². The molecule has 2 saturated heterocycles. The van der Waals surface area contributed by atoms with E-state index in [1.807, 2.05) is 0 Å². The highest BCUT2D eigenvalue weighted by Gasteiger charge is 2.42. The fourth-order valence-electron chi connectivity index (χ4n) is 3.17. The lowest BCUT2D eigenvalue weighted by Gasteiger charge is -2.20. The largest absolute Gasteiger partial charge is 0.417 e. The number of benzene rings is 1. The van der Waals surface area contributed by atoms with Crippen LogP contribution in [0.25, 0.3) is 0 Å². The molecular weight excluding hydrogens is 305 g/mol. The number of amides is 1. The molecule has 21 heavy (non-hydrogen) atoms. The summed E-state index contributed by atoms with van der Waals surface area (Å²) < 4.78 is 38.3. The zero-order chi connectivity index (χ0) is 15.2. The fourth-order valence-corrected chi connectivity index (χ4v) is 3.39. The molecule has 2 N–H and O–H groups in total. The van der Waals surface area contributed by atoms with Gasteiger partial charge in [-0.2, -0.15) is 13.2 Å².